The first-order chi connectivity index (χ1) is 11.5. The lowest BCUT2D eigenvalue weighted by atomic mass is 9.92. The number of aromatic nitrogens is 3. The summed E-state index contributed by atoms with van der Waals surface area (Å²) in [5.41, 5.74) is 5.40. The Balaban J connectivity index is 1.57. The average Bonchev–Trinajstić information content (AvgIpc) is 3.18. The van der Waals surface area contributed by atoms with E-state index in [1.54, 1.807) is 0 Å². The zero-order chi connectivity index (χ0) is 16.7. The quantitative estimate of drug-likeness (QED) is 0.756. The van der Waals surface area contributed by atoms with Crippen molar-refractivity contribution in [2.75, 3.05) is 0 Å². The van der Waals surface area contributed by atoms with E-state index in [0.717, 1.165) is 13.0 Å². The lowest BCUT2D eigenvalue weighted by Crippen LogP contribution is -2.29. The molecule has 0 saturated carbocycles. The van der Waals surface area contributed by atoms with Gasteiger partial charge < -0.3 is 10.3 Å². The van der Waals surface area contributed by atoms with Crippen LogP contribution in [0.25, 0.3) is 10.9 Å². The van der Waals surface area contributed by atoms with E-state index < -0.39 is 0 Å². The molecule has 0 radical (unpaired) electrons. The molecule has 0 spiro atoms. The molecule has 126 valence electrons. The summed E-state index contributed by atoms with van der Waals surface area (Å²) in [6.07, 6.45) is 7.64. The Morgan fingerprint density at radius 2 is 2.17 bits per heavy atom. The third-order valence-corrected chi connectivity index (χ3v) is 5.04. The number of nitrogens with zero attached hydrogens (tertiary/aromatic N) is 2. The van der Waals surface area contributed by atoms with Crippen molar-refractivity contribution < 1.29 is 0 Å². The Hall–Kier alpha value is -2.07. The van der Waals surface area contributed by atoms with Crippen molar-refractivity contribution in [1.29, 1.82) is 0 Å². The van der Waals surface area contributed by atoms with Crippen molar-refractivity contribution in [2.45, 2.75) is 58.2 Å². The minimum Gasteiger partial charge on any atom is -0.361 e. The minimum absolute atomic E-state index is 0.0478. The first-order valence-electron chi connectivity index (χ1n) is 8.90. The van der Waals surface area contributed by atoms with E-state index in [4.69, 9.17) is 0 Å². The Labute approximate surface area is 143 Å². The summed E-state index contributed by atoms with van der Waals surface area (Å²) in [4.78, 5) is 3.29. The van der Waals surface area contributed by atoms with Gasteiger partial charge in [0.05, 0.1) is 11.7 Å². The summed E-state index contributed by atoms with van der Waals surface area (Å²) in [5, 5.41) is 9.77. The molecule has 24 heavy (non-hydrogen) atoms. The first kappa shape index (κ1) is 15.5. The number of hydrogen-bond acceptors (Lipinski definition) is 2. The number of nitrogens with one attached hydrogen (secondary N) is 2. The molecule has 0 amide bonds. The lowest BCUT2D eigenvalue weighted by molar-refractivity contribution is 0.334. The fourth-order valence-electron chi connectivity index (χ4n) is 3.88. The summed E-state index contributed by atoms with van der Waals surface area (Å²) in [5.74, 6) is 0. The smallest absolute Gasteiger partial charge is 0.0546 e. The van der Waals surface area contributed by atoms with E-state index in [1.165, 1.54) is 40.6 Å². The summed E-state index contributed by atoms with van der Waals surface area (Å²) >= 11 is 0. The summed E-state index contributed by atoms with van der Waals surface area (Å²) < 4.78 is 2.21. The van der Waals surface area contributed by atoms with Gasteiger partial charge in [-0.2, -0.15) is 5.10 Å². The molecule has 1 aliphatic carbocycles. The molecule has 2 N–H and O–H groups in total. The van der Waals surface area contributed by atoms with E-state index in [0.29, 0.717) is 6.04 Å². The number of aromatic amines is 1. The molecular formula is C20H26N4. The maximum absolute atomic E-state index is 4.69. The van der Waals surface area contributed by atoms with Gasteiger partial charge in [0.1, 0.15) is 0 Å². The highest BCUT2D eigenvalue weighted by atomic mass is 15.3. The van der Waals surface area contributed by atoms with Crippen LogP contribution in [0, 0.1) is 0 Å². The third-order valence-electron chi connectivity index (χ3n) is 5.04. The van der Waals surface area contributed by atoms with Crippen molar-refractivity contribution in [3.8, 4) is 0 Å². The minimum atomic E-state index is 0.0478. The zero-order valence-corrected chi connectivity index (χ0v) is 14.8. The monoisotopic (exact) mass is 322 g/mol. The molecule has 4 rings (SSSR count). The highest BCUT2D eigenvalue weighted by molar-refractivity contribution is 5.82. The number of rotatable bonds is 3. The number of hydrogen-bond donors (Lipinski definition) is 2. The van der Waals surface area contributed by atoms with Gasteiger partial charge in [0, 0.05) is 40.9 Å². The SMILES string of the molecule is CC(C)(C)n1ncc2c1CCC[C@@H]2NCc1cccc2[nH]ccc12. The Bertz CT molecular complexity index is 850. The van der Waals surface area contributed by atoms with Crippen LogP contribution < -0.4 is 5.32 Å². The molecule has 1 aliphatic rings. The third kappa shape index (κ3) is 2.65. The van der Waals surface area contributed by atoms with Gasteiger partial charge in [-0.1, -0.05) is 12.1 Å². The van der Waals surface area contributed by atoms with Gasteiger partial charge in [0.2, 0.25) is 0 Å². The van der Waals surface area contributed by atoms with Gasteiger partial charge in [-0.05, 0) is 57.7 Å². The maximum atomic E-state index is 4.69. The highest BCUT2D eigenvalue weighted by Crippen LogP contribution is 2.32. The van der Waals surface area contributed by atoms with E-state index in [2.05, 4.69) is 71.3 Å². The molecule has 2 aromatic heterocycles. The fraction of sp³-hybridized carbons (Fsp3) is 0.450. The largest absolute Gasteiger partial charge is 0.361 e. The summed E-state index contributed by atoms with van der Waals surface area (Å²) in [6, 6.07) is 9.03. The predicted octanol–water partition coefficient (Wildman–Crippen LogP) is 4.29. The van der Waals surface area contributed by atoms with Crippen LogP contribution in [0.5, 0.6) is 0 Å². The lowest BCUT2D eigenvalue weighted by Gasteiger charge is -2.28. The van der Waals surface area contributed by atoms with Gasteiger partial charge in [-0.15, -0.1) is 0 Å². The van der Waals surface area contributed by atoms with Crippen LogP contribution in [0.3, 0.4) is 0 Å². The van der Waals surface area contributed by atoms with Crippen molar-refractivity contribution in [2.24, 2.45) is 0 Å². The molecule has 4 nitrogen and oxygen atoms in total. The second-order valence-corrected chi connectivity index (χ2v) is 7.81. The van der Waals surface area contributed by atoms with Gasteiger partial charge in [0.15, 0.2) is 0 Å². The van der Waals surface area contributed by atoms with Crippen LogP contribution in [0.2, 0.25) is 0 Å². The molecule has 3 aromatic rings. The Kier molecular flexibility index (Phi) is 3.72. The molecule has 0 fully saturated rings. The Morgan fingerprint density at radius 3 is 3.00 bits per heavy atom. The van der Waals surface area contributed by atoms with Gasteiger partial charge in [0.25, 0.3) is 0 Å². The van der Waals surface area contributed by atoms with Crippen molar-refractivity contribution in [3.05, 3.63) is 53.5 Å². The van der Waals surface area contributed by atoms with E-state index in [1.807, 2.05) is 6.20 Å². The molecule has 2 heterocycles. The van der Waals surface area contributed by atoms with Crippen LogP contribution in [0.1, 0.15) is 56.5 Å². The molecule has 1 atom stereocenters. The zero-order valence-electron chi connectivity index (χ0n) is 14.8. The number of benzene rings is 1. The highest BCUT2D eigenvalue weighted by Gasteiger charge is 2.27. The maximum Gasteiger partial charge on any atom is 0.0546 e. The molecule has 0 unspecified atom stereocenters. The van der Waals surface area contributed by atoms with E-state index >= 15 is 0 Å². The standard InChI is InChI=1S/C20H26N4/c1-20(2,3)24-19-9-5-8-18(16(19)13-23-24)22-12-14-6-4-7-17-15(14)10-11-21-17/h4,6-7,10-11,13,18,21-22H,5,8-9,12H2,1-3H3/t18-/m0/s1. The van der Waals surface area contributed by atoms with Crippen molar-refractivity contribution >= 4 is 10.9 Å². The average molecular weight is 322 g/mol. The molecule has 0 saturated heterocycles. The summed E-state index contributed by atoms with van der Waals surface area (Å²) in [6.45, 7) is 7.57. The van der Waals surface area contributed by atoms with Crippen LogP contribution in [0.4, 0.5) is 0 Å². The fourth-order valence-corrected chi connectivity index (χ4v) is 3.88. The molecular weight excluding hydrogens is 296 g/mol. The molecule has 0 bridgehead atoms. The topological polar surface area (TPSA) is 45.6 Å². The van der Waals surface area contributed by atoms with Crippen LogP contribution in [0.15, 0.2) is 36.7 Å². The van der Waals surface area contributed by atoms with Crippen molar-refractivity contribution in [3.63, 3.8) is 0 Å². The van der Waals surface area contributed by atoms with Gasteiger partial charge in [-0.25, -0.2) is 0 Å². The Morgan fingerprint density at radius 1 is 1.29 bits per heavy atom. The van der Waals surface area contributed by atoms with Crippen molar-refractivity contribution in [1.82, 2.24) is 20.1 Å². The molecule has 0 aliphatic heterocycles. The van der Waals surface area contributed by atoms with Crippen LogP contribution in [-0.4, -0.2) is 14.8 Å². The van der Waals surface area contributed by atoms with Crippen LogP contribution in [-0.2, 0) is 18.5 Å². The second kappa shape index (κ2) is 5.78. The van der Waals surface area contributed by atoms with Gasteiger partial charge >= 0.3 is 0 Å². The normalized spacial score (nSPS) is 18.0. The molecule has 1 aromatic carbocycles. The number of H-pyrrole nitrogens is 1. The van der Waals surface area contributed by atoms with Gasteiger partial charge in [-0.3, -0.25) is 4.68 Å². The first-order valence-corrected chi connectivity index (χ1v) is 8.90. The predicted molar refractivity (Wildman–Crippen MR) is 98.0 cm³/mol. The van der Waals surface area contributed by atoms with Crippen LogP contribution >= 0.6 is 0 Å². The molecule has 4 heteroatoms. The van der Waals surface area contributed by atoms with E-state index in [-0.39, 0.29) is 5.54 Å². The van der Waals surface area contributed by atoms with E-state index in [9.17, 15) is 0 Å². The second-order valence-electron chi connectivity index (χ2n) is 7.81. The summed E-state index contributed by atoms with van der Waals surface area (Å²) in [7, 11) is 0. The number of fused-ring (bicyclic) bond motifs is 2.